The second-order valence-electron chi connectivity index (χ2n) is 8.45. The van der Waals surface area contributed by atoms with E-state index in [0.29, 0.717) is 6.54 Å². The summed E-state index contributed by atoms with van der Waals surface area (Å²) >= 11 is 1.82. The summed E-state index contributed by atoms with van der Waals surface area (Å²) in [7, 11) is 0. The fourth-order valence-corrected chi connectivity index (χ4v) is 5.54. The first-order valence-electron chi connectivity index (χ1n) is 9.91. The Hall–Kier alpha value is -2.17. The number of Topliss-reactive ketones (excluding diaryl/α,β-unsaturated/α-hetero) is 1. The number of rotatable bonds is 6. The molecule has 3 nitrogen and oxygen atoms in total. The van der Waals surface area contributed by atoms with Gasteiger partial charge >= 0.3 is 0 Å². The van der Waals surface area contributed by atoms with Gasteiger partial charge < -0.3 is 9.73 Å². The third-order valence-corrected chi connectivity index (χ3v) is 6.91. The molecule has 1 aromatic carbocycles. The molecule has 0 aliphatic heterocycles. The molecule has 28 heavy (non-hydrogen) atoms. The lowest BCUT2D eigenvalue weighted by Gasteiger charge is -2.29. The van der Waals surface area contributed by atoms with Crippen LogP contribution in [0.5, 0.6) is 0 Å². The van der Waals surface area contributed by atoms with Gasteiger partial charge in [-0.05, 0) is 60.4 Å². The van der Waals surface area contributed by atoms with Crippen LogP contribution in [0, 0.1) is 5.41 Å². The Morgan fingerprint density at radius 2 is 2.00 bits per heavy atom. The van der Waals surface area contributed by atoms with Crippen LogP contribution >= 0.6 is 11.3 Å². The normalized spacial score (nSPS) is 15.4. The Kier molecular flexibility index (Phi) is 5.26. The van der Waals surface area contributed by atoms with E-state index < -0.39 is 0 Å². The SMILES string of the molecule is CC(=O)c1c(-c2ccccc2CNCc2ccco2)sc2c1CC(C)(C)CC2. The van der Waals surface area contributed by atoms with Crippen LogP contribution in [0.15, 0.2) is 47.1 Å². The van der Waals surface area contributed by atoms with Crippen LogP contribution in [0.4, 0.5) is 0 Å². The van der Waals surface area contributed by atoms with Gasteiger partial charge in [-0.1, -0.05) is 38.1 Å². The number of hydrogen-bond acceptors (Lipinski definition) is 4. The van der Waals surface area contributed by atoms with Gasteiger partial charge in [-0.3, -0.25) is 4.79 Å². The monoisotopic (exact) mass is 393 g/mol. The molecule has 1 aliphatic carbocycles. The highest BCUT2D eigenvalue weighted by molar-refractivity contribution is 7.16. The van der Waals surface area contributed by atoms with Crippen LogP contribution < -0.4 is 5.32 Å². The van der Waals surface area contributed by atoms with E-state index in [1.54, 1.807) is 13.2 Å². The maximum absolute atomic E-state index is 12.6. The van der Waals surface area contributed by atoms with Crippen molar-refractivity contribution in [3.05, 3.63) is 70.0 Å². The highest BCUT2D eigenvalue weighted by Gasteiger charge is 2.32. The van der Waals surface area contributed by atoms with Crippen LogP contribution in [-0.2, 0) is 25.9 Å². The maximum atomic E-state index is 12.6. The van der Waals surface area contributed by atoms with E-state index in [0.717, 1.165) is 35.6 Å². The third kappa shape index (κ3) is 3.85. The van der Waals surface area contributed by atoms with Crippen molar-refractivity contribution in [3.8, 4) is 10.4 Å². The molecule has 1 N–H and O–H groups in total. The van der Waals surface area contributed by atoms with E-state index in [2.05, 4.69) is 43.4 Å². The van der Waals surface area contributed by atoms with Crippen LogP contribution in [0.2, 0.25) is 0 Å². The summed E-state index contributed by atoms with van der Waals surface area (Å²) in [6.07, 6.45) is 4.95. The van der Waals surface area contributed by atoms with Gasteiger partial charge in [-0.15, -0.1) is 11.3 Å². The first-order valence-corrected chi connectivity index (χ1v) is 10.7. The topological polar surface area (TPSA) is 42.2 Å². The molecule has 0 saturated heterocycles. The van der Waals surface area contributed by atoms with Crippen molar-refractivity contribution >= 4 is 17.1 Å². The van der Waals surface area contributed by atoms with Crippen molar-refractivity contribution in [2.75, 3.05) is 0 Å². The number of ketones is 1. The average Bonchev–Trinajstić information content (AvgIpc) is 3.28. The average molecular weight is 394 g/mol. The van der Waals surface area contributed by atoms with Crippen molar-refractivity contribution in [1.82, 2.24) is 5.32 Å². The predicted octanol–water partition coefficient (Wildman–Crippen LogP) is 6.02. The maximum Gasteiger partial charge on any atom is 0.161 e. The zero-order valence-corrected chi connectivity index (χ0v) is 17.6. The molecule has 0 atom stereocenters. The van der Waals surface area contributed by atoms with E-state index in [1.165, 1.54) is 28.0 Å². The van der Waals surface area contributed by atoms with Crippen LogP contribution in [0.3, 0.4) is 0 Å². The number of aryl methyl sites for hydroxylation is 1. The number of nitrogens with one attached hydrogen (secondary N) is 1. The molecular weight excluding hydrogens is 366 g/mol. The number of furan rings is 1. The molecule has 2 aromatic heterocycles. The molecule has 146 valence electrons. The van der Waals surface area contributed by atoms with Crippen LogP contribution in [0.1, 0.15) is 59.3 Å². The van der Waals surface area contributed by atoms with Crippen LogP contribution in [-0.4, -0.2) is 5.78 Å². The Labute approximate surface area is 170 Å². The molecule has 4 heteroatoms. The standard InChI is InChI=1S/C24H27NO2S/c1-16(26)22-20-13-24(2,3)11-10-21(20)28-23(22)19-9-5-4-7-17(19)14-25-15-18-8-6-12-27-18/h4-9,12,25H,10-11,13-15H2,1-3H3. The Morgan fingerprint density at radius 1 is 1.18 bits per heavy atom. The van der Waals surface area contributed by atoms with Crippen molar-refractivity contribution in [2.45, 2.75) is 53.1 Å². The van der Waals surface area contributed by atoms with Gasteiger partial charge in [0, 0.05) is 21.9 Å². The number of hydrogen-bond donors (Lipinski definition) is 1. The summed E-state index contributed by atoms with van der Waals surface area (Å²) in [6, 6.07) is 12.3. The van der Waals surface area contributed by atoms with Gasteiger partial charge in [0.05, 0.1) is 12.8 Å². The second-order valence-corrected chi connectivity index (χ2v) is 9.55. The molecule has 0 spiro atoms. The summed E-state index contributed by atoms with van der Waals surface area (Å²) in [5.74, 6) is 1.11. The van der Waals surface area contributed by atoms with Crippen molar-refractivity contribution in [1.29, 1.82) is 0 Å². The third-order valence-electron chi connectivity index (χ3n) is 5.58. The largest absolute Gasteiger partial charge is 0.468 e. The second kappa shape index (κ2) is 7.69. The molecular formula is C24H27NO2S. The molecule has 4 rings (SSSR count). The van der Waals surface area contributed by atoms with Crippen molar-refractivity contribution in [2.24, 2.45) is 5.41 Å². The number of carbonyl (C=O) groups excluding carboxylic acids is 1. The Bertz CT molecular complexity index is 982. The van der Waals surface area contributed by atoms with E-state index in [9.17, 15) is 4.79 Å². The Morgan fingerprint density at radius 3 is 2.75 bits per heavy atom. The molecule has 0 bridgehead atoms. The minimum atomic E-state index is 0.184. The van der Waals surface area contributed by atoms with Crippen molar-refractivity contribution in [3.63, 3.8) is 0 Å². The van der Waals surface area contributed by atoms with Gasteiger partial charge in [0.1, 0.15) is 5.76 Å². The lowest BCUT2D eigenvalue weighted by Crippen LogP contribution is -2.22. The molecule has 0 saturated carbocycles. The minimum Gasteiger partial charge on any atom is -0.468 e. The van der Waals surface area contributed by atoms with Crippen molar-refractivity contribution < 1.29 is 9.21 Å². The molecule has 1 aliphatic rings. The smallest absolute Gasteiger partial charge is 0.161 e. The van der Waals surface area contributed by atoms with Gasteiger partial charge in [0.25, 0.3) is 0 Å². The molecule has 0 fully saturated rings. The summed E-state index contributed by atoms with van der Waals surface area (Å²) in [5.41, 5.74) is 4.90. The van der Waals surface area contributed by atoms with E-state index in [-0.39, 0.29) is 11.2 Å². The summed E-state index contributed by atoms with van der Waals surface area (Å²) in [4.78, 5) is 15.2. The quantitative estimate of drug-likeness (QED) is 0.521. The predicted molar refractivity (Wildman–Crippen MR) is 115 cm³/mol. The molecule has 2 heterocycles. The molecule has 0 unspecified atom stereocenters. The highest BCUT2D eigenvalue weighted by Crippen LogP contribution is 2.45. The molecule has 0 radical (unpaired) electrons. The number of benzene rings is 1. The number of fused-ring (bicyclic) bond motifs is 1. The first kappa shape index (κ1) is 19.2. The van der Waals surface area contributed by atoms with Gasteiger partial charge in [0.2, 0.25) is 0 Å². The van der Waals surface area contributed by atoms with E-state index >= 15 is 0 Å². The lowest BCUT2D eigenvalue weighted by molar-refractivity contribution is 0.101. The van der Waals surface area contributed by atoms with Gasteiger partial charge in [-0.2, -0.15) is 0 Å². The molecule has 3 aromatic rings. The van der Waals surface area contributed by atoms with Gasteiger partial charge in [-0.25, -0.2) is 0 Å². The Balaban J connectivity index is 1.68. The summed E-state index contributed by atoms with van der Waals surface area (Å²) in [5, 5.41) is 3.46. The minimum absolute atomic E-state index is 0.184. The van der Waals surface area contributed by atoms with Crippen LogP contribution in [0.25, 0.3) is 10.4 Å². The zero-order chi connectivity index (χ0) is 19.7. The molecule has 0 amide bonds. The van der Waals surface area contributed by atoms with Gasteiger partial charge in [0.15, 0.2) is 5.78 Å². The fraction of sp³-hybridized carbons (Fsp3) is 0.375. The number of thiophene rings is 1. The van der Waals surface area contributed by atoms with E-state index in [4.69, 9.17) is 4.42 Å². The summed E-state index contributed by atoms with van der Waals surface area (Å²) in [6.45, 7) is 7.76. The summed E-state index contributed by atoms with van der Waals surface area (Å²) < 4.78 is 5.41. The zero-order valence-electron chi connectivity index (χ0n) is 16.8. The number of carbonyl (C=O) groups is 1. The fourth-order valence-electron chi connectivity index (χ4n) is 4.11. The highest BCUT2D eigenvalue weighted by atomic mass is 32.1. The van der Waals surface area contributed by atoms with E-state index in [1.807, 2.05) is 23.5 Å². The lowest BCUT2D eigenvalue weighted by atomic mass is 9.75. The first-order chi connectivity index (χ1) is 13.4.